The highest BCUT2D eigenvalue weighted by molar-refractivity contribution is 5.96. The number of benzene rings is 1. The Labute approximate surface area is 136 Å². The Morgan fingerprint density at radius 2 is 2.04 bits per heavy atom. The third kappa shape index (κ3) is 3.92. The molecule has 23 heavy (non-hydrogen) atoms. The number of rotatable bonds is 5. The number of carbonyl (C=O) groups is 2. The molecule has 1 aromatic carbocycles. The fraction of sp³-hybridized carbons (Fsp3) is 0.444. The van der Waals surface area contributed by atoms with Crippen molar-refractivity contribution in [3.8, 4) is 0 Å². The summed E-state index contributed by atoms with van der Waals surface area (Å²) < 4.78 is 0. The van der Waals surface area contributed by atoms with Gasteiger partial charge in [-0.05, 0) is 56.4 Å². The van der Waals surface area contributed by atoms with Crippen LogP contribution in [0.4, 0.5) is 10.5 Å². The van der Waals surface area contributed by atoms with Crippen LogP contribution in [0.5, 0.6) is 0 Å². The lowest BCUT2D eigenvalue weighted by molar-refractivity contribution is 0.0954. The molecule has 0 atom stereocenters. The summed E-state index contributed by atoms with van der Waals surface area (Å²) in [4.78, 5) is 25.5. The van der Waals surface area contributed by atoms with Crippen molar-refractivity contribution >= 4 is 17.6 Å². The summed E-state index contributed by atoms with van der Waals surface area (Å²) in [5, 5.41) is 5.74. The van der Waals surface area contributed by atoms with Gasteiger partial charge < -0.3 is 10.6 Å². The fourth-order valence-corrected chi connectivity index (χ4v) is 3.08. The van der Waals surface area contributed by atoms with E-state index >= 15 is 0 Å². The molecule has 122 valence electrons. The molecule has 1 heterocycles. The molecular formula is C18H23N3O2. The van der Waals surface area contributed by atoms with Gasteiger partial charge in [-0.3, -0.25) is 9.69 Å². The van der Waals surface area contributed by atoms with Gasteiger partial charge in [0, 0.05) is 30.9 Å². The molecule has 1 aliphatic carbocycles. The average molecular weight is 313 g/mol. The van der Waals surface area contributed by atoms with E-state index in [1.807, 2.05) is 12.1 Å². The van der Waals surface area contributed by atoms with Crippen molar-refractivity contribution in [3.05, 3.63) is 41.5 Å². The molecule has 0 unspecified atom stereocenters. The van der Waals surface area contributed by atoms with Crippen LogP contribution in [-0.4, -0.2) is 31.6 Å². The normalized spacial score (nSPS) is 17.7. The van der Waals surface area contributed by atoms with Gasteiger partial charge in [0.2, 0.25) is 0 Å². The molecule has 1 fully saturated rings. The van der Waals surface area contributed by atoms with Crippen LogP contribution in [0.25, 0.3) is 0 Å². The van der Waals surface area contributed by atoms with E-state index in [2.05, 4.69) is 16.7 Å². The van der Waals surface area contributed by atoms with Crippen molar-refractivity contribution < 1.29 is 9.59 Å². The van der Waals surface area contributed by atoms with Crippen LogP contribution in [0, 0.1) is 0 Å². The monoisotopic (exact) mass is 313 g/mol. The number of nitrogens with zero attached hydrogens (tertiary/aromatic N) is 1. The Balaban J connectivity index is 1.51. The minimum atomic E-state index is -0.0806. The van der Waals surface area contributed by atoms with Crippen LogP contribution in [-0.2, 0) is 0 Å². The Hall–Kier alpha value is -2.30. The maximum atomic E-state index is 12.2. The second-order valence-corrected chi connectivity index (χ2v) is 6.04. The second kappa shape index (κ2) is 7.31. The van der Waals surface area contributed by atoms with E-state index in [1.165, 1.54) is 31.3 Å². The zero-order valence-electron chi connectivity index (χ0n) is 13.3. The third-order valence-electron chi connectivity index (χ3n) is 4.41. The Kier molecular flexibility index (Phi) is 4.95. The molecular weight excluding hydrogens is 290 g/mol. The largest absolute Gasteiger partial charge is 0.352 e. The van der Waals surface area contributed by atoms with E-state index in [-0.39, 0.29) is 11.9 Å². The van der Waals surface area contributed by atoms with Gasteiger partial charge in [-0.15, -0.1) is 0 Å². The minimum Gasteiger partial charge on any atom is -0.352 e. The Morgan fingerprint density at radius 1 is 1.22 bits per heavy atom. The first-order valence-electron chi connectivity index (χ1n) is 8.35. The van der Waals surface area contributed by atoms with Crippen molar-refractivity contribution in [1.82, 2.24) is 10.6 Å². The smallest absolute Gasteiger partial charge is 0.321 e. The van der Waals surface area contributed by atoms with Crippen molar-refractivity contribution in [3.63, 3.8) is 0 Å². The van der Waals surface area contributed by atoms with Crippen molar-refractivity contribution in [2.75, 3.05) is 24.5 Å². The summed E-state index contributed by atoms with van der Waals surface area (Å²) in [6, 6.07) is 7.11. The van der Waals surface area contributed by atoms with E-state index in [0.717, 1.165) is 12.1 Å². The first kappa shape index (κ1) is 15.6. The molecule has 0 radical (unpaired) electrons. The highest BCUT2D eigenvalue weighted by Gasteiger charge is 2.21. The van der Waals surface area contributed by atoms with Crippen molar-refractivity contribution in [1.29, 1.82) is 0 Å². The number of urea groups is 1. The molecule has 0 spiro atoms. The molecule has 0 aromatic heterocycles. The molecule has 3 rings (SSSR count). The topological polar surface area (TPSA) is 61.4 Å². The summed E-state index contributed by atoms with van der Waals surface area (Å²) in [5.41, 5.74) is 2.92. The highest BCUT2D eigenvalue weighted by Crippen LogP contribution is 2.20. The van der Waals surface area contributed by atoms with E-state index in [9.17, 15) is 9.59 Å². The van der Waals surface area contributed by atoms with Crippen LogP contribution in [0.3, 0.4) is 0 Å². The number of hydrogen-bond donors (Lipinski definition) is 2. The lowest BCUT2D eigenvalue weighted by Gasteiger charge is -2.15. The van der Waals surface area contributed by atoms with Crippen molar-refractivity contribution in [2.24, 2.45) is 0 Å². The summed E-state index contributed by atoms with van der Waals surface area (Å²) >= 11 is 0. The van der Waals surface area contributed by atoms with Gasteiger partial charge in [-0.1, -0.05) is 11.6 Å². The van der Waals surface area contributed by atoms with Gasteiger partial charge in [0.15, 0.2) is 0 Å². The number of hydrogen-bond acceptors (Lipinski definition) is 2. The van der Waals surface area contributed by atoms with E-state index < -0.39 is 0 Å². The zero-order valence-corrected chi connectivity index (χ0v) is 13.3. The standard InChI is InChI=1S/C18H23N3O2/c22-17(19-11-10-14-4-2-1-3-5-14)15-6-8-16(9-7-15)21-13-12-20-18(21)23/h4,6-9H,1-3,5,10-13H2,(H,19,22)(H,20,23). The Bertz CT molecular complexity index is 607. The molecule has 5 nitrogen and oxygen atoms in total. The fourth-order valence-electron chi connectivity index (χ4n) is 3.08. The second-order valence-electron chi connectivity index (χ2n) is 6.04. The molecule has 2 aliphatic rings. The third-order valence-corrected chi connectivity index (χ3v) is 4.41. The molecule has 0 bridgehead atoms. The van der Waals surface area contributed by atoms with E-state index in [1.54, 1.807) is 17.0 Å². The SMILES string of the molecule is O=C(NCCC1=CCCCC1)c1ccc(N2CCNC2=O)cc1. The predicted octanol–water partition coefficient (Wildman–Crippen LogP) is 2.84. The number of allylic oxidation sites excluding steroid dienone is 1. The lowest BCUT2D eigenvalue weighted by atomic mass is 9.97. The molecule has 5 heteroatoms. The maximum absolute atomic E-state index is 12.2. The van der Waals surface area contributed by atoms with Gasteiger partial charge in [-0.25, -0.2) is 4.79 Å². The van der Waals surface area contributed by atoms with Crippen LogP contribution in [0.15, 0.2) is 35.9 Å². The number of nitrogens with one attached hydrogen (secondary N) is 2. The molecule has 1 saturated heterocycles. The number of anilines is 1. The van der Waals surface area contributed by atoms with E-state index in [0.29, 0.717) is 25.2 Å². The molecule has 3 amide bonds. The molecule has 2 N–H and O–H groups in total. The minimum absolute atomic E-state index is 0.0566. The molecule has 1 aliphatic heterocycles. The van der Waals surface area contributed by atoms with Gasteiger partial charge >= 0.3 is 6.03 Å². The van der Waals surface area contributed by atoms with E-state index in [4.69, 9.17) is 0 Å². The number of carbonyl (C=O) groups excluding carboxylic acids is 2. The summed E-state index contributed by atoms with van der Waals surface area (Å²) in [5.74, 6) is -0.0566. The first-order valence-corrected chi connectivity index (χ1v) is 8.35. The summed E-state index contributed by atoms with van der Waals surface area (Å²) in [7, 11) is 0. The van der Waals surface area contributed by atoms with Gasteiger partial charge in [-0.2, -0.15) is 0 Å². The average Bonchev–Trinajstić information content (AvgIpc) is 3.02. The molecule has 1 aromatic rings. The van der Waals surface area contributed by atoms with Crippen LogP contribution < -0.4 is 15.5 Å². The maximum Gasteiger partial charge on any atom is 0.321 e. The predicted molar refractivity (Wildman–Crippen MR) is 90.7 cm³/mol. The molecule has 0 saturated carbocycles. The summed E-state index contributed by atoms with van der Waals surface area (Å²) in [6.07, 6.45) is 8.16. The Morgan fingerprint density at radius 3 is 2.70 bits per heavy atom. The van der Waals surface area contributed by atoms with Crippen LogP contribution in [0.1, 0.15) is 42.5 Å². The van der Waals surface area contributed by atoms with Gasteiger partial charge in [0.25, 0.3) is 5.91 Å². The quantitative estimate of drug-likeness (QED) is 0.821. The van der Waals surface area contributed by atoms with Gasteiger partial charge in [0.05, 0.1) is 0 Å². The van der Waals surface area contributed by atoms with Crippen LogP contribution >= 0.6 is 0 Å². The van der Waals surface area contributed by atoms with Gasteiger partial charge in [0.1, 0.15) is 0 Å². The van der Waals surface area contributed by atoms with Crippen molar-refractivity contribution in [2.45, 2.75) is 32.1 Å². The number of amides is 3. The summed E-state index contributed by atoms with van der Waals surface area (Å²) in [6.45, 7) is 2.01. The first-order chi connectivity index (χ1) is 11.2. The lowest BCUT2D eigenvalue weighted by Crippen LogP contribution is -2.28. The highest BCUT2D eigenvalue weighted by atomic mass is 16.2. The van der Waals surface area contributed by atoms with Crippen LogP contribution in [0.2, 0.25) is 0 Å². The zero-order chi connectivity index (χ0) is 16.1.